The van der Waals surface area contributed by atoms with Gasteiger partial charge in [0.2, 0.25) is 0 Å². The first-order valence-corrected chi connectivity index (χ1v) is 5.40. The van der Waals surface area contributed by atoms with Crippen LogP contribution >= 0.6 is 0 Å². The van der Waals surface area contributed by atoms with Crippen LogP contribution in [-0.4, -0.2) is 9.97 Å². The van der Waals surface area contributed by atoms with Crippen LogP contribution in [0.3, 0.4) is 0 Å². The Kier molecular flexibility index (Phi) is 3.62. The highest BCUT2D eigenvalue weighted by molar-refractivity contribution is 5.18. The van der Waals surface area contributed by atoms with Gasteiger partial charge >= 0.3 is 0 Å². The molecule has 2 rings (SSSR count). The second-order valence-electron chi connectivity index (χ2n) is 3.68. The summed E-state index contributed by atoms with van der Waals surface area (Å²) in [5.74, 6) is 0.824. The third kappa shape index (κ3) is 2.87. The van der Waals surface area contributed by atoms with E-state index in [1.165, 1.54) is 5.56 Å². The predicted molar refractivity (Wildman–Crippen MR) is 63.7 cm³/mol. The molecule has 1 heterocycles. The van der Waals surface area contributed by atoms with Crippen molar-refractivity contribution >= 4 is 0 Å². The van der Waals surface area contributed by atoms with E-state index in [1.807, 2.05) is 24.3 Å². The summed E-state index contributed by atoms with van der Waals surface area (Å²) in [6.07, 6.45) is 3.52. The lowest BCUT2D eigenvalue weighted by Crippen LogP contribution is -2.19. The fraction of sp³-hybridized carbons (Fsp3) is 0.231. The highest BCUT2D eigenvalue weighted by Gasteiger charge is 2.04. The van der Waals surface area contributed by atoms with Crippen LogP contribution < -0.4 is 5.32 Å². The van der Waals surface area contributed by atoms with Crippen molar-refractivity contribution in [3.63, 3.8) is 0 Å². The zero-order valence-corrected chi connectivity index (χ0v) is 9.30. The van der Waals surface area contributed by atoms with Crippen molar-refractivity contribution in [1.82, 2.24) is 15.3 Å². The van der Waals surface area contributed by atoms with Gasteiger partial charge in [0, 0.05) is 18.4 Å². The molecule has 1 aromatic heterocycles. The Balaban J connectivity index is 1.92. The van der Waals surface area contributed by atoms with Crippen LogP contribution in [0, 0.1) is 0 Å². The summed E-state index contributed by atoms with van der Waals surface area (Å²) in [5.41, 5.74) is 1.28. The Bertz CT molecular complexity index is 414. The quantitative estimate of drug-likeness (QED) is 0.847. The van der Waals surface area contributed by atoms with Crippen LogP contribution in [0.1, 0.15) is 24.4 Å². The Morgan fingerprint density at radius 1 is 1.06 bits per heavy atom. The van der Waals surface area contributed by atoms with Gasteiger partial charge in [-0.3, -0.25) is 0 Å². The summed E-state index contributed by atoms with van der Waals surface area (Å²) < 4.78 is 0. The number of aromatic nitrogens is 2. The molecule has 0 unspecified atom stereocenters. The van der Waals surface area contributed by atoms with Gasteiger partial charge in [0.25, 0.3) is 0 Å². The van der Waals surface area contributed by atoms with Gasteiger partial charge in [-0.15, -0.1) is 0 Å². The van der Waals surface area contributed by atoms with Gasteiger partial charge in [-0.05, 0) is 18.6 Å². The molecular weight excluding hydrogens is 198 g/mol. The topological polar surface area (TPSA) is 37.8 Å². The third-order valence-electron chi connectivity index (χ3n) is 2.49. The first-order valence-electron chi connectivity index (χ1n) is 5.40. The molecule has 0 saturated carbocycles. The first kappa shape index (κ1) is 10.8. The molecule has 2 aromatic rings. The van der Waals surface area contributed by atoms with Crippen LogP contribution in [0.5, 0.6) is 0 Å². The number of hydrogen-bond acceptors (Lipinski definition) is 3. The SMILES string of the molecule is C[C@H](NCc1ncccn1)c1ccccc1. The van der Waals surface area contributed by atoms with E-state index in [1.54, 1.807) is 12.4 Å². The summed E-state index contributed by atoms with van der Waals surface area (Å²) in [6, 6.07) is 12.5. The summed E-state index contributed by atoms with van der Waals surface area (Å²) in [4.78, 5) is 8.34. The highest BCUT2D eigenvalue weighted by atomic mass is 15.0. The molecule has 16 heavy (non-hydrogen) atoms. The Morgan fingerprint density at radius 2 is 1.75 bits per heavy atom. The molecular formula is C13H15N3. The zero-order valence-electron chi connectivity index (χ0n) is 9.30. The fourth-order valence-corrected chi connectivity index (χ4v) is 1.53. The summed E-state index contributed by atoms with van der Waals surface area (Å²) >= 11 is 0. The van der Waals surface area contributed by atoms with E-state index < -0.39 is 0 Å². The minimum atomic E-state index is 0.310. The highest BCUT2D eigenvalue weighted by Crippen LogP contribution is 2.11. The first-order chi connectivity index (χ1) is 7.86. The number of benzene rings is 1. The number of nitrogens with one attached hydrogen (secondary N) is 1. The summed E-state index contributed by atoms with van der Waals surface area (Å²) in [5, 5.41) is 3.39. The molecule has 1 atom stereocenters. The van der Waals surface area contributed by atoms with E-state index in [2.05, 4.69) is 34.3 Å². The monoisotopic (exact) mass is 213 g/mol. The van der Waals surface area contributed by atoms with Gasteiger partial charge in [0.1, 0.15) is 5.82 Å². The lowest BCUT2D eigenvalue weighted by Gasteiger charge is -2.13. The van der Waals surface area contributed by atoms with Crippen molar-refractivity contribution in [2.24, 2.45) is 0 Å². The molecule has 0 aliphatic rings. The van der Waals surface area contributed by atoms with Gasteiger partial charge in [0.15, 0.2) is 0 Å². The minimum Gasteiger partial charge on any atom is -0.303 e. The van der Waals surface area contributed by atoms with Crippen LogP contribution in [0.4, 0.5) is 0 Å². The molecule has 0 aliphatic carbocycles. The molecule has 0 spiro atoms. The third-order valence-corrected chi connectivity index (χ3v) is 2.49. The summed E-state index contributed by atoms with van der Waals surface area (Å²) in [7, 11) is 0. The fourth-order valence-electron chi connectivity index (χ4n) is 1.53. The molecule has 0 bridgehead atoms. The average Bonchev–Trinajstić information content (AvgIpc) is 2.38. The molecule has 3 nitrogen and oxygen atoms in total. The van der Waals surface area contributed by atoms with E-state index in [-0.39, 0.29) is 0 Å². The molecule has 1 N–H and O–H groups in total. The van der Waals surface area contributed by atoms with Crippen molar-refractivity contribution in [3.05, 3.63) is 60.2 Å². The molecule has 1 aromatic carbocycles. The normalized spacial score (nSPS) is 12.3. The molecule has 0 amide bonds. The molecule has 0 fully saturated rings. The van der Waals surface area contributed by atoms with Crippen molar-refractivity contribution < 1.29 is 0 Å². The second kappa shape index (κ2) is 5.37. The maximum absolute atomic E-state index is 4.17. The number of rotatable bonds is 4. The van der Waals surface area contributed by atoms with Gasteiger partial charge in [-0.1, -0.05) is 30.3 Å². The van der Waals surface area contributed by atoms with Crippen LogP contribution in [0.2, 0.25) is 0 Å². The van der Waals surface area contributed by atoms with Gasteiger partial charge in [-0.2, -0.15) is 0 Å². The average molecular weight is 213 g/mol. The Labute approximate surface area is 95.6 Å². The van der Waals surface area contributed by atoms with Crippen LogP contribution in [0.25, 0.3) is 0 Å². The second-order valence-corrected chi connectivity index (χ2v) is 3.68. The van der Waals surface area contributed by atoms with Crippen molar-refractivity contribution in [2.75, 3.05) is 0 Å². The molecule has 0 radical (unpaired) electrons. The van der Waals surface area contributed by atoms with Crippen molar-refractivity contribution in [2.45, 2.75) is 19.5 Å². The Morgan fingerprint density at radius 3 is 2.44 bits per heavy atom. The van der Waals surface area contributed by atoms with Gasteiger partial charge in [-0.25, -0.2) is 9.97 Å². The maximum atomic E-state index is 4.17. The molecule has 0 saturated heterocycles. The van der Waals surface area contributed by atoms with Gasteiger partial charge < -0.3 is 5.32 Å². The number of nitrogens with zero attached hydrogens (tertiary/aromatic N) is 2. The maximum Gasteiger partial charge on any atom is 0.141 e. The summed E-state index contributed by atoms with van der Waals surface area (Å²) in [6.45, 7) is 2.83. The lowest BCUT2D eigenvalue weighted by atomic mass is 10.1. The van der Waals surface area contributed by atoms with E-state index >= 15 is 0 Å². The van der Waals surface area contributed by atoms with Gasteiger partial charge in [0.05, 0.1) is 6.54 Å². The van der Waals surface area contributed by atoms with E-state index in [4.69, 9.17) is 0 Å². The van der Waals surface area contributed by atoms with E-state index in [0.29, 0.717) is 12.6 Å². The molecule has 0 aliphatic heterocycles. The minimum absolute atomic E-state index is 0.310. The standard InChI is InChI=1S/C13H15N3/c1-11(12-6-3-2-4-7-12)16-10-13-14-8-5-9-15-13/h2-9,11,16H,10H2,1H3/t11-/m0/s1. The lowest BCUT2D eigenvalue weighted by molar-refractivity contribution is 0.559. The zero-order chi connectivity index (χ0) is 11.2. The van der Waals surface area contributed by atoms with E-state index in [0.717, 1.165) is 5.82 Å². The Hall–Kier alpha value is -1.74. The smallest absolute Gasteiger partial charge is 0.141 e. The van der Waals surface area contributed by atoms with Crippen molar-refractivity contribution in [1.29, 1.82) is 0 Å². The molecule has 3 heteroatoms. The van der Waals surface area contributed by atoms with Crippen LogP contribution in [-0.2, 0) is 6.54 Å². The largest absolute Gasteiger partial charge is 0.303 e. The number of hydrogen-bond donors (Lipinski definition) is 1. The molecule has 82 valence electrons. The van der Waals surface area contributed by atoms with E-state index in [9.17, 15) is 0 Å². The van der Waals surface area contributed by atoms with Crippen molar-refractivity contribution in [3.8, 4) is 0 Å². The predicted octanol–water partition coefficient (Wildman–Crippen LogP) is 2.33. The van der Waals surface area contributed by atoms with Crippen LogP contribution in [0.15, 0.2) is 48.8 Å².